The number of nitrogens with zero attached hydrogens (tertiary/aromatic N) is 3. The van der Waals surface area contributed by atoms with E-state index in [1.54, 1.807) is 66.7 Å². The average molecular weight is 444 g/mol. The Kier molecular flexibility index (Phi) is 5.73. The smallest absolute Gasteiger partial charge is 0.390 e. The lowest BCUT2D eigenvalue weighted by Gasteiger charge is -2.06. The lowest BCUT2D eigenvalue weighted by atomic mass is 10.1. The number of rotatable bonds is 5. The van der Waals surface area contributed by atoms with E-state index in [2.05, 4.69) is 14.7 Å². The SMILES string of the molecule is O=C(c1ccccc1)c1ccc2nc(/N=C(/F)OC(F)F)c(-c3ccc(Cl)cc3)n2c1. The van der Waals surface area contributed by atoms with Crippen molar-refractivity contribution in [3.8, 4) is 11.3 Å². The van der Waals surface area contributed by atoms with Gasteiger partial charge in [0.1, 0.15) is 5.65 Å². The van der Waals surface area contributed by atoms with Gasteiger partial charge < -0.3 is 4.74 Å². The van der Waals surface area contributed by atoms with Crippen LogP contribution < -0.4 is 0 Å². The number of imidazole rings is 1. The molecule has 31 heavy (non-hydrogen) atoms. The van der Waals surface area contributed by atoms with Crippen molar-refractivity contribution in [1.29, 1.82) is 0 Å². The molecule has 0 N–H and O–H groups in total. The zero-order chi connectivity index (χ0) is 22.0. The second-order valence-corrected chi connectivity index (χ2v) is 6.81. The van der Waals surface area contributed by atoms with Crippen molar-refractivity contribution < 1.29 is 22.7 Å². The molecule has 5 nitrogen and oxygen atoms in total. The fourth-order valence-corrected chi connectivity index (χ4v) is 3.19. The first-order valence-corrected chi connectivity index (χ1v) is 9.37. The fraction of sp³-hybridized carbons (Fsp3) is 0.0455. The highest BCUT2D eigenvalue weighted by Gasteiger charge is 2.19. The minimum atomic E-state index is -3.37. The summed E-state index contributed by atoms with van der Waals surface area (Å²) in [6.45, 7) is -3.37. The Hall–Kier alpha value is -3.65. The average Bonchev–Trinajstić information content (AvgIpc) is 3.10. The second kappa shape index (κ2) is 8.61. The minimum absolute atomic E-state index is 0.190. The van der Waals surface area contributed by atoms with Gasteiger partial charge in [0.05, 0.1) is 5.69 Å². The molecule has 0 aliphatic carbocycles. The molecule has 0 aliphatic rings. The molecular formula is C22H13ClF3N3O2. The number of ketones is 1. The molecule has 2 aromatic heterocycles. The van der Waals surface area contributed by atoms with Crippen molar-refractivity contribution in [3.63, 3.8) is 0 Å². The van der Waals surface area contributed by atoms with E-state index in [0.717, 1.165) is 0 Å². The predicted octanol–water partition coefficient (Wildman–Crippen LogP) is 6.08. The van der Waals surface area contributed by atoms with Crippen LogP contribution in [0, 0.1) is 0 Å². The Labute approximate surface area is 179 Å². The van der Waals surface area contributed by atoms with E-state index in [4.69, 9.17) is 11.6 Å². The van der Waals surface area contributed by atoms with E-state index >= 15 is 0 Å². The summed E-state index contributed by atoms with van der Waals surface area (Å²) in [7, 11) is 0. The predicted molar refractivity (Wildman–Crippen MR) is 111 cm³/mol. The fourth-order valence-electron chi connectivity index (χ4n) is 3.06. The molecule has 0 fully saturated rings. The molecule has 0 radical (unpaired) electrons. The molecule has 0 aliphatic heterocycles. The van der Waals surface area contributed by atoms with E-state index in [1.165, 1.54) is 10.6 Å². The number of pyridine rings is 1. The highest BCUT2D eigenvalue weighted by atomic mass is 35.5. The number of carbonyl (C=O) groups is 1. The Morgan fingerprint density at radius 3 is 2.39 bits per heavy atom. The summed E-state index contributed by atoms with van der Waals surface area (Å²) in [6, 6.07) is 18.3. The van der Waals surface area contributed by atoms with Crippen LogP contribution in [0.1, 0.15) is 15.9 Å². The second-order valence-electron chi connectivity index (χ2n) is 6.38. The zero-order valence-electron chi connectivity index (χ0n) is 15.7. The zero-order valence-corrected chi connectivity index (χ0v) is 16.4. The molecule has 2 heterocycles. The largest absolute Gasteiger partial charge is 0.393 e. The highest BCUT2D eigenvalue weighted by Crippen LogP contribution is 2.33. The molecule has 156 valence electrons. The van der Waals surface area contributed by atoms with Gasteiger partial charge in [0.15, 0.2) is 11.6 Å². The van der Waals surface area contributed by atoms with E-state index in [-0.39, 0.29) is 17.3 Å². The summed E-state index contributed by atoms with van der Waals surface area (Å²) in [6.07, 6.45) is -0.193. The van der Waals surface area contributed by atoms with Gasteiger partial charge in [-0.2, -0.15) is 13.8 Å². The summed E-state index contributed by atoms with van der Waals surface area (Å²) < 4.78 is 43.7. The molecular weight excluding hydrogens is 431 g/mol. The summed E-state index contributed by atoms with van der Waals surface area (Å²) in [4.78, 5) is 20.5. The Bertz CT molecular complexity index is 1270. The number of carbonyl (C=O) groups excluding carboxylic acids is 1. The number of aliphatic imine (C=N–C) groups is 1. The number of hydrogen-bond acceptors (Lipinski definition) is 4. The Morgan fingerprint density at radius 2 is 1.71 bits per heavy atom. The molecule has 2 aromatic carbocycles. The first-order valence-electron chi connectivity index (χ1n) is 8.99. The van der Waals surface area contributed by atoms with Crippen LogP contribution in [0.5, 0.6) is 0 Å². The molecule has 0 bridgehead atoms. The third-order valence-electron chi connectivity index (χ3n) is 4.40. The summed E-state index contributed by atoms with van der Waals surface area (Å²) in [5.41, 5.74) is 1.99. The topological polar surface area (TPSA) is 56.0 Å². The molecule has 4 aromatic rings. The van der Waals surface area contributed by atoms with Gasteiger partial charge >= 0.3 is 12.8 Å². The van der Waals surface area contributed by atoms with Crippen LogP contribution in [-0.2, 0) is 4.74 Å². The van der Waals surface area contributed by atoms with E-state index in [9.17, 15) is 18.0 Å². The van der Waals surface area contributed by atoms with Crippen LogP contribution in [0.25, 0.3) is 16.9 Å². The lowest BCUT2D eigenvalue weighted by molar-refractivity contribution is -0.0688. The first kappa shape index (κ1) is 20.6. The quantitative estimate of drug-likeness (QED) is 0.213. The molecule has 0 saturated heterocycles. The standard InChI is InChI=1S/C22H13ClF3N3O2/c23-16-9-6-13(7-10-16)18-20(28-22(26)31-21(24)25)27-17-11-8-15(12-29(17)18)19(30)14-4-2-1-3-5-14/h1-12,21H/b28-22-. The normalized spacial score (nSPS) is 11.8. The number of alkyl halides is 2. The molecule has 0 atom stereocenters. The number of aromatic nitrogens is 2. The van der Waals surface area contributed by atoms with Crippen molar-refractivity contribution in [1.82, 2.24) is 9.38 Å². The van der Waals surface area contributed by atoms with Gasteiger partial charge in [-0.15, -0.1) is 4.39 Å². The minimum Gasteiger partial charge on any atom is -0.393 e. The number of benzene rings is 2. The van der Waals surface area contributed by atoms with Crippen LogP contribution in [-0.4, -0.2) is 27.9 Å². The lowest BCUT2D eigenvalue weighted by Crippen LogP contribution is -2.04. The van der Waals surface area contributed by atoms with Crippen molar-refractivity contribution in [3.05, 3.63) is 89.1 Å². The van der Waals surface area contributed by atoms with Gasteiger partial charge in [0.2, 0.25) is 0 Å². The summed E-state index contributed by atoms with van der Waals surface area (Å²) in [5, 5.41) is 0.467. The van der Waals surface area contributed by atoms with Crippen molar-refractivity contribution in [2.75, 3.05) is 0 Å². The van der Waals surface area contributed by atoms with E-state index < -0.39 is 12.8 Å². The number of halogens is 4. The van der Waals surface area contributed by atoms with Crippen LogP contribution in [0.3, 0.4) is 0 Å². The third-order valence-corrected chi connectivity index (χ3v) is 4.65. The highest BCUT2D eigenvalue weighted by molar-refractivity contribution is 6.30. The molecule has 0 saturated carbocycles. The van der Waals surface area contributed by atoms with Crippen molar-refractivity contribution in [2.45, 2.75) is 6.61 Å². The summed E-state index contributed by atoms with van der Waals surface area (Å²) >= 11 is 5.95. The van der Waals surface area contributed by atoms with Gasteiger partial charge in [0.25, 0.3) is 0 Å². The molecule has 4 rings (SSSR count). The van der Waals surface area contributed by atoms with Crippen LogP contribution in [0.4, 0.5) is 19.0 Å². The van der Waals surface area contributed by atoms with E-state index in [0.29, 0.717) is 27.4 Å². The number of hydrogen-bond donors (Lipinski definition) is 0. The van der Waals surface area contributed by atoms with E-state index in [1.807, 2.05) is 0 Å². The molecule has 9 heteroatoms. The van der Waals surface area contributed by atoms with Gasteiger partial charge in [0, 0.05) is 27.9 Å². The number of ether oxygens (including phenoxy) is 1. The summed E-state index contributed by atoms with van der Waals surface area (Å²) in [5.74, 6) is -0.416. The monoisotopic (exact) mass is 443 g/mol. The van der Waals surface area contributed by atoms with Gasteiger partial charge in [-0.1, -0.05) is 54.1 Å². The molecule has 0 unspecified atom stereocenters. The maximum atomic E-state index is 13.8. The van der Waals surface area contributed by atoms with Crippen LogP contribution >= 0.6 is 11.6 Å². The maximum absolute atomic E-state index is 13.8. The van der Waals surface area contributed by atoms with Crippen LogP contribution in [0.2, 0.25) is 5.02 Å². The third kappa shape index (κ3) is 4.44. The van der Waals surface area contributed by atoms with Gasteiger partial charge in [-0.25, -0.2) is 4.98 Å². The number of fused-ring (bicyclic) bond motifs is 1. The Morgan fingerprint density at radius 1 is 1.00 bits per heavy atom. The Balaban J connectivity index is 1.88. The van der Waals surface area contributed by atoms with Gasteiger partial charge in [-0.3, -0.25) is 9.20 Å². The maximum Gasteiger partial charge on any atom is 0.390 e. The van der Waals surface area contributed by atoms with Crippen LogP contribution in [0.15, 0.2) is 77.9 Å². The van der Waals surface area contributed by atoms with Crippen molar-refractivity contribution in [2.24, 2.45) is 4.99 Å². The first-order chi connectivity index (χ1) is 14.9. The molecule has 0 amide bonds. The van der Waals surface area contributed by atoms with Gasteiger partial charge in [-0.05, 0) is 24.3 Å². The molecule has 0 spiro atoms. The van der Waals surface area contributed by atoms with Crippen molar-refractivity contribution >= 4 is 35.0 Å².